The zero-order chi connectivity index (χ0) is 9.84. The number of aldehydes is 1. The number of hydrogen-bond donors (Lipinski definition) is 0. The molecule has 1 aromatic rings. The van der Waals surface area contributed by atoms with E-state index in [-0.39, 0.29) is 17.9 Å². The van der Waals surface area contributed by atoms with Gasteiger partial charge < -0.3 is 4.79 Å². The molecule has 68 valence electrons. The first kappa shape index (κ1) is 9.51. The number of ketones is 1. The normalized spacial score (nSPS) is 9.69. The summed E-state index contributed by atoms with van der Waals surface area (Å²) in [5.74, 6) is -0.286. The highest BCUT2D eigenvalue weighted by molar-refractivity contribution is 6.01. The van der Waals surface area contributed by atoms with Crippen LogP contribution < -0.4 is 0 Å². The van der Waals surface area contributed by atoms with Crippen molar-refractivity contribution in [1.29, 1.82) is 0 Å². The molecule has 4 heteroatoms. The van der Waals surface area contributed by atoms with Gasteiger partial charge in [0, 0.05) is 0 Å². The molecule has 0 saturated heterocycles. The Bertz CT molecular complexity index is 347. The van der Waals surface area contributed by atoms with Crippen molar-refractivity contribution in [1.82, 2.24) is 9.97 Å². The van der Waals surface area contributed by atoms with Crippen molar-refractivity contribution in [3.63, 3.8) is 0 Å². The van der Waals surface area contributed by atoms with E-state index < -0.39 is 0 Å². The topological polar surface area (TPSA) is 59.9 Å². The van der Waals surface area contributed by atoms with Crippen LogP contribution in [0.3, 0.4) is 0 Å². The van der Waals surface area contributed by atoms with Crippen molar-refractivity contribution in [2.45, 2.75) is 20.3 Å². The summed E-state index contributed by atoms with van der Waals surface area (Å²) in [6.45, 7) is 3.59. The molecule has 1 rings (SSSR count). The van der Waals surface area contributed by atoms with Crippen molar-refractivity contribution in [3.8, 4) is 0 Å². The third kappa shape index (κ3) is 2.18. The Morgan fingerprint density at radius 3 is 2.69 bits per heavy atom. The minimum atomic E-state index is -0.286. The summed E-state index contributed by atoms with van der Waals surface area (Å²) in [5, 5.41) is 0. The summed E-state index contributed by atoms with van der Waals surface area (Å²) in [5.41, 5.74) is 1.77. The van der Waals surface area contributed by atoms with Crippen molar-refractivity contribution in [3.05, 3.63) is 23.3 Å². The monoisotopic (exact) mass is 178 g/mol. The van der Waals surface area contributed by atoms with Gasteiger partial charge in [-0.1, -0.05) is 0 Å². The van der Waals surface area contributed by atoms with Crippen LogP contribution in [0.25, 0.3) is 0 Å². The minimum Gasteiger partial charge on any atom is -0.303 e. The number of carbonyl (C=O) groups excluding carboxylic acids is 2. The zero-order valence-corrected chi connectivity index (χ0v) is 7.57. The molecule has 0 radical (unpaired) electrons. The summed E-state index contributed by atoms with van der Waals surface area (Å²) in [6.07, 6.45) is 1.84. The van der Waals surface area contributed by atoms with Crippen LogP contribution in [0.1, 0.15) is 28.3 Å². The van der Waals surface area contributed by atoms with E-state index in [1.807, 2.05) is 6.92 Å². The van der Waals surface area contributed by atoms with Gasteiger partial charge in [-0.15, -0.1) is 0 Å². The van der Waals surface area contributed by atoms with Gasteiger partial charge in [0.1, 0.15) is 12.0 Å². The Morgan fingerprint density at radius 1 is 1.46 bits per heavy atom. The highest BCUT2D eigenvalue weighted by Crippen LogP contribution is 2.02. The van der Waals surface area contributed by atoms with Gasteiger partial charge in [-0.2, -0.15) is 0 Å². The Morgan fingerprint density at radius 2 is 2.15 bits per heavy atom. The Balaban J connectivity index is 2.96. The molecule has 1 aromatic heterocycles. The van der Waals surface area contributed by atoms with Crippen LogP contribution in [0.4, 0.5) is 0 Å². The van der Waals surface area contributed by atoms with Gasteiger partial charge in [-0.05, 0) is 13.8 Å². The first-order valence-corrected chi connectivity index (χ1v) is 3.92. The van der Waals surface area contributed by atoms with Crippen LogP contribution in [0.5, 0.6) is 0 Å². The van der Waals surface area contributed by atoms with E-state index in [2.05, 4.69) is 9.97 Å². The predicted molar refractivity (Wildman–Crippen MR) is 46.5 cm³/mol. The average Bonchev–Trinajstić information content (AvgIpc) is 2.10. The molecule has 0 aliphatic heterocycles. The third-order valence-corrected chi connectivity index (χ3v) is 1.75. The molecule has 4 nitrogen and oxygen atoms in total. The lowest BCUT2D eigenvalue weighted by molar-refractivity contribution is -0.107. The van der Waals surface area contributed by atoms with Crippen LogP contribution in [0.2, 0.25) is 0 Å². The predicted octanol–water partition coefficient (Wildman–Crippen LogP) is 0.865. The smallest absolute Gasteiger partial charge is 0.189 e. The van der Waals surface area contributed by atoms with Crippen LogP contribution in [-0.4, -0.2) is 22.0 Å². The lowest BCUT2D eigenvalue weighted by Crippen LogP contribution is -2.05. The van der Waals surface area contributed by atoms with Gasteiger partial charge in [-0.25, -0.2) is 4.98 Å². The van der Waals surface area contributed by atoms with E-state index in [1.54, 1.807) is 6.92 Å². The highest BCUT2D eigenvalue weighted by atomic mass is 16.1. The standard InChI is InChI=1S/C9H10N2O2/c1-6-7(2)11-8(5-10-6)9(13)3-4-12/h4-5H,3H2,1-2H3. The molecule has 13 heavy (non-hydrogen) atoms. The largest absolute Gasteiger partial charge is 0.303 e. The van der Waals surface area contributed by atoms with Crippen LogP contribution in [0, 0.1) is 13.8 Å². The van der Waals surface area contributed by atoms with E-state index in [4.69, 9.17) is 0 Å². The molecule has 0 aliphatic carbocycles. The number of aryl methyl sites for hydroxylation is 2. The molecule has 0 spiro atoms. The Hall–Kier alpha value is -1.58. The SMILES string of the molecule is Cc1ncc(C(=O)CC=O)nc1C. The molecule has 0 amide bonds. The van der Waals surface area contributed by atoms with Crippen molar-refractivity contribution in [2.75, 3.05) is 0 Å². The molecule has 0 fully saturated rings. The van der Waals surface area contributed by atoms with E-state index in [9.17, 15) is 9.59 Å². The molecule has 0 aromatic carbocycles. The fraction of sp³-hybridized carbons (Fsp3) is 0.333. The molecular weight excluding hydrogens is 168 g/mol. The highest BCUT2D eigenvalue weighted by Gasteiger charge is 2.07. The number of aromatic nitrogens is 2. The maximum absolute atomic E-state index is 11.2. The summed E-state index contributed by atoms with van der Waals surface area (Å²) >= 11 is 0. The lowest BCUT2D eigenvalue weighted by atomic mass is 10.2. The van der Waals surface area contributed by atoms with E-state index in [0.717, 1.165) is 11.4 Å². The van der Waals surface area contributed by atoms with E-state index in [0.29, 0.717) is 6.29 Å². The molecule has 0 aliphatic rings. The first-order chi connectivity index (χ1) is 6.15. The minimum absolute atomic E-state index is 0.128. The van der Waals surface area contributed by atoms with Crippen molar-refractivity contribution < 1.29 is 9.59 Å². The fourth-order valence-corrected chi connectivity index (χ4v) is 0.856. The summed E-state index contributed by atoms with van der Waals surface area (Å²) < 4.78 is 0. The van der Waals surface area contributed by atoms with Gasteiger partial charge in [0.05, 0.1) is 24.0 Å². The van der Waals surface area contributed by atoms with E-state index in [1.165, 1.54) is 6.20 Å². The molecule has 0 N–H and O–H groups in total. The van der Waals surface area contributed by atoms with Crippen LogP contribution >= 0.6 is 0 Å². The summed E-state index contributed by atoms with van der Waals surface area (Å²) in [7, 11) is 0. The van der Waals surface area contributed by atoms with Gasteiger partial charge >= 0.3 is 0 Å². The molecule has 1 heterocycles. The second kappa shape index (κ2) is 3.89. The van der Waals surface area contributed by atoms with Crippen molar-refractivity contribution in [2.24, 2.45) is 0 Å². The van der Waals surface area contributed by atoms with Gasteiger partial charge in [0.2, 0.25) is 0 Å². The number of hydrogen-bond acceptors (Lipinski definition) is 4. The summed E-state index contributed by atoms with van der Waals surface area (Å²) in [6, 6.07) is 0. The van der Waals surface area contributed by atoms with Crippen molar-refractivity contribution >= 4 is 12.1 Å². The molecular formula is C9H10N2O2. The number of carbonyl (C=O) groups is 2. The maximum atomic E-state index is 11.2. The number of rotatable bonds is 3. The third-order valence-electron chi connectivity index (χ3n) is 1.75. The first-order valence-electron chi connectivity index (χ1n) is 3.92. The maximum Gasteiger partial charge on any atom is 0.189 e. The second-order valence-corrected chi connectivity index (χ2v) is 2.72. The number of nitrogens with zero attached hydrogens (tertiary/aromatic N) is 2. The average molecular weight is 178 g/mol. The van der Waals surface area contributed by atoms with Crippen LogP contribution in [0.15, 0.2) is 6.20 Å². The second-order valence-electron chi connectivity index (χ2n) is 2.72. The van der Waals surface area contributed by atoms with Gasteiger partial charge in [-0.3, -0.25) is 9.78 Å². The quantitative estimate of drug-likeness (QED) is 0.391. The fourth-order valence-electron chi connectivity index (χ4n) is 0.856. The lowest BCUT2D eigenvalue weighted by Gasteiger charge is -2.00. The Kier molecular flexibility index (Phi) is 2.84. The Labute approximate surface area is 76.0 Å². The van der Waals surface area contributed by atoms with Gasteiger partial charge in [0.25, 0.3) is 0 Å². The van der Waals surface area contributed by atoms with E-state index >= 15 is 0 Å². The molecule has 0 saturated carbocycles. The molecule has 0 bridgehead atoms. The molecule has 0 unspecified atom stereocenters. The van der Waals surface area contributed by atoms with Crippen LogP contribution in [-0.2, 0) is 4.79 Å². The molecule has 0 atom stereocenters. The summed E-state index contributed by atoms with van der Waals surface area (Å²) in [4.78, 5) is 29.2. The van der Waals surface area contributed by atoms with Gasteiger partial charge in [0.15, 0.2) is 5.78 Å². The zero-order valence-electron chi connectivity index (χ0n) is 7.57. The number of Topliss-reactive ketones (excluding diaryl/α,β-unsaturated/α-hetero) is 1.